The van der Waals surface area contributed by atoms with E-state index in [2.05, 4.69) is 19.2 Å². The summed E-state index contributed by atoms with van der Waals surface area (Å²) in [5.74, 6) is 0.992. The zero-order chi connectivity index (χ0) is 21.6. The normalized spacial score (nSPS) is 12.5. The summed E-state index contributed by atoms with van der Waals surface area (Å²) in [6.07, 6.45) is 0.799. The van der Waals surface area contributed by atoms with Gasteiger partial charge in [0.05, 0.1) is 24.6 Å². The smallest absolute Gasteiger partial charge is 0.251 e. The van der Waals surface area contributed by atoms with Crippen LogP contribution in [0.1, 0.15) is 49.2 Å². The molecule has 0 saturated heterocycles. The van der Waals surface area contributed by atoms with Crippen molar-refractivity contribution in [1.82, 2.24) is 5.32 Å². The first-order chi connectivity index (χ1) is 13.7. The molecule has 2 rings (SSSR count). The van der Waals surface area contributed by atoms with E-state index in [1.165, 1.54) is 11.4 Å². The maximum atomic E-state index is 12.8. The molecule has 2 aromatic carbocycles. The van der Waals surface area contributed by atoms with E-state index < -0.39 is 10.0 Å². The molecule has 0 aliphatic heterocycles. The second kappa shape index (κ2) is 9.78. The van der Waals surface area contributed by atoms with Gasteiger partial charge in [-0.3, -0.25) is 9.10 Å². The molecule has 1 atom stereocenters. The topological polar surface area (TPSA) is 75.7 Å². The number of anilines is 1. The molecule has 0 bridgehead atoms. The van der Waals surface area contributed by atoms with Crippen LogP contribution in [0.5, 0.6) is 5.75 Å². The number of amides is 1. The summed E-state index contributed by atoms with van der Waals surface area (Å²) in [6, 6.07) is 14.1. The standard InChI is InChI=1S/C22H30N2O4S/c1-6-29(26,27)24(4)19-11-7-18(8-12-19)22(25)23-21(15-16(2)3)17-9-13-20(28-5)14-10-17/h7-14,16,21H,6,15H2,1-5H3,(H,23,25)/t21-/m1/s1. The fourth-order valence-electron chi connectivity index (χ4n) is 3.00. The summed E-state index contributed by atoms with van der Waals surface area (Å²) < 4.78 is 30.5. The zero-order valence-corrected chi connectivity index (χ0v) is 18.5. The quantitative estimate of drug-likeness (QED) is 0.668. The van der Waals surface area contributed by atoms with Crippen LogP contribution in [0.25, 0.3) is 0 Å². The van der Waals surface area contributed by atoms with E-state index in [0.717, 1.165) is 17.7 Å². The monoisotopic (exact) mass is 418 g/mol. The number of rotatable bonds is 9. The number of hydrogen-bond acceptors (Lipinski definition) is 4. The predicted molar refractivity (Wildman–Crippen MR) is 117 cm³/mol. The number of nitrogens with zero attached hydrogens (tertiary/aromatic N) is 1. The van der Waals surface area contributed by atoms with E-state index in [4.69, 9.17) is 4.74 Å². The molecular weight excluding hydrogens is 388 g/mol. The molecule has 7 heteroatoms. The van der Waals surface area contributed by atoms with Gasteiger partial charge in [-0.05, 0) is 61.2 Å². The van der Waals surface area contributed by atoms with Gasteiger partial charge < -0.3 is 10.1 Å². The number of hydrogen-bond donors (Lipinski definition) is 1. The minimum Gasteiger partial charge on any atom is -0.497 e. The summed E-state index contributed by atoms with van der Waals surface area (Å²) in [5.41, 5.74) is 2.02. The van der Waals surface area contributed by atoms with Gasteiger partial charge in [-0.1, -0.05) is 26.0 Å². The van der Waals surface area contributed by atoms with Crippen LogP contribution < -0.4 is 14.4 Å². The maximum absolute atomic E-state index is 12.8. The van der Waals surface area contributed by atoms with Crippen molar-refractivity contribution >= 4 is 21.6 Å². The Bertz CT molecular complexity index is 907. The zero-order valence-electron chi connectivity index (χ0n) is 17.7. The molecule has 0 radical (unpaired) electrons. The Morgan fingerprint density at radius 1 is 1.07 bits per heavy atom. The van der Waals surface area contributed by atoms with Gasteiger partial charge in [-0.15, -0.1) is 0 Å². The van der Waals surface area contributed by atoms with Crippen LogP contribution in [0.4, 0.5) is 5.69 Å². The molecule has 29 heavy (non-hydrogen) atoms. The molecule has 0 fully saturated rings. The summed E-state index contributed by atoms with van der Waals surface area (Å²) in [5, 5.41) is 3.10. The average Bonchev–Trinajstić information content (AvgIpc) is 2.72. The van der Waals surface area contributed by atoms with Gasteiger partial charge in [0.25, 0.3) is 5.91 Å². The first kappa shape index (κ1) is 22.7. The van der Waals surface area contributed by atoms with Gasteiger partial charge >= 0.3 is 0 Å². The predicted octanol–water partition coefficient (Wildman–Crippen LogP) is 4.00. The SMILES string of the molecule is CCS(=O)(=O)N(C)c1ccc(C(=O)N[C@H](CC(C)C)c2ccc(OC)cc2)cc1. The van der Waals surface area contributed by atoms with Crippen LogP contribution in [0.15, 0.2) is 48.5 Å². The molecule has 0 aromatic heterocycles. The van der Waals surface area contributed by atoms with Crippen molar-refractivity contribution in [1.29, 1.82) is 0 Å². The molecule has 0 heterocycles. The van der Waals surface area contributed by atoms with E-state index >= 15 is 0 Å². The highest BCUT2D eigenvalue weighted by Crippen LogP contribution is 2.24. The highest BCUT2D eigenvalue weighted by Gasteiger charge is 2.19. The van der Waals surface area contributed by atoms with Crippen molar-refractivity contribution in [3.8, 4) is 5.75 Å². The first-order valence-electron chi connectivity index (χ1n) is 9.69. The molecule has 0 aliphatic carbocycles. The number of carbonyl (C=O) groups is 1. The van der Waals surface area contributed by atoms with Crippen molar-refractivity contribution in [3.63, 3.8) is 0 Å². The number of carbonyl (C=O) groups excluding carboxylic acids is 1. The number of benzene rings is 2. The Morgan fingerprint density at radius 2 is 1.66 bits per heavy atom. The van der Waals surface area contributed by atoms with Gasteiger partial charge in [0, 0.05) is 12.6 Å². The first-order valence-corrected chi connectivity index (χ1v) is 11.3. The molecule has 0 unspecified atom stereocenters. The lowest BCUT2D eigenvalue weighted by molar-refractivity contribution is 0.0932. The third kappa shape index (κ3) is 5.97. The summed E-state index contributed by atoms with van der Waals surface area (Å²) >= 11 is 0. The molecule has 0 spiro atoms. The van der Waals surface area contributed by atoms with Crippen LogP contribution in [0.3, 0.4) is 0 Å². The second-order valence-electron chi connectivity index (χ2n) is 7.34. The minimum absolute atomic E-state index is 0.0183. The van der Waals surface area contributed by atoms with E-state index in [-0.39, 0.29) is 17.7 Å². The van der Waals surface area contributed by atoms with Crippen molar-refractivity contribution < 1.29 is 17.9 Å². The summed E-state index contributed by atoms with van der Waals surface area (Å²) in [4.78, 5) is 12.8. The Labute approximate surface area is 173 Å². The molecule has 0 saturated carbocycles. The lowest BCUT2D eigenvalue weighted by Gasteiger charge is -2.22. The molecule has 1 N–H and O–H groups in total. The van der Waals surface area contributed by atoms with Gasteiger partial charge in [-0.2, -0.15) is 0 Å². The van der Waals surface area contributed by atoms with Crippen LogP contribution in [0.2, 0.25) is 0 Å². The average molecular weight is 419 g/mol. The van der Waals surface area contributed by atoms with Crippen molar-refractivity contribution in [3.05, 3.63) is 59.7 Å². The van der Waals surface area contributed by atoms with Crippen molar-refractivity contribution in [2.75, 3.05) is 24.2 Å². The fraction of sp³-hybridized carbons (Fsp3) is 0.409. The van der Waals surface area contributed by atoms with Gasteiger partial charge in [0.15, 0.2) is 0 Å². The number of sulfonamides is 1. The highest BCUT2D eigenvalue weighted by molar-refractivity contribution is 7.92. The molecule has 2 aromatic rings. The second-order valence-corrected chi connectivity index (χ2v) is 9.63. The number of methoxy groups -OCH3 is 1. The molecule has 6 nitrogen and oxygen atoms in total. The highest BCUT2D eigenvalue weighted by atomic mass is 32.2. The van der Waals surface area contributed by atoms with Gasteiger partial charge in [0.2, 0.25) is 10.0 Å². The number of nitrogens with one attached hydrogen (secondary N) is 1. The largest absolute Gasteiger partial charge is 0.497 e. The van der Waals surface area contributed by atoms with Crippen LogP contribution in [-0.2, 0) is 10.0 Å². The van der Waals surface area contributed by atoms with Crippen LogP contribution in [-0.4, -0.2) is 34.2 Å². The Morgan fingerprint density at radius 3 is 2.14 bits per heavy atom. The third-order valence-corrected chi connectivity index (χ3v) is 6.58. The Balaban J connectivity index is 2.18. The Kier molecular flexibility index (Phi) is 7.67. The lowest BCUT2D eigenvalue weighted by Crippen LogP contribution is -2.30. The number of ether oxygens (including phenoxy) is 1. The van der Waals surface area contributed by atoms with Crippen LogP contribution in [0, 0.1) is 5.92 Å². The molecule has 0 aliphatic rings. The van der Waals surface area contributed by atoms with Crippen molar-refractivity contribution in [2.45, 2.75) is 33.2 Å². The minimum atomic E-state index is -3.34. The third-order valence-electron chi connectivity index (χ3n) is 4.81. The lowest BCUT2D eigenvalue weighted by atomic mass is 9.96. The van der Waals surface area contributed by atoms with Gasteiger partial charge in [0.1, 0.15) is 5.75 Å². The molecular formula is C22H30N2O4S. The van der Waals surface area contributed by atoms with Gasteiger partial charge in [-0.25, -0.2) is 8.42 Å². The molecule has 158 valence electrons. The fourth-order valence-corrected chi connectivity index (χ4v) is 3.83. The molecule has 1 amide bonds. The summed E-state index contributed by atoms with van der Waals surface area (Å²) in [6.45, 7) is 5.82. The van der Waals surface area contributed by atoms with E-state index in [1.807, 2.05) is 24.3 Å². The van der Waals surface area contributed by atoms with E-state index in [1.54, 1.807) is 38.3 Å². The van der Waals surface area contributed by atoms with Crippen LogP contribution >= 0.6 is 0 Å². The Hall–Kier alpha value is -2.54. The summed E-state index contributed by atoms with van der Waals surface area (Å²) in [7, 11) is -0.206. The van der Waals surface area contributed by atoms with E-state index in [9.17, 15) is 13.2 Å². The maximum Gasteiger partial charge on any atom is 0.251 e. The van der Waals surface area contributed by atoms with E-state index in [0.29, 0.717) is 17.2 Å². The van der Waals surface area contributed by atoms with Crippen molar-refractivity contribution in [2.24, 2.45) is 5.92 Å².